The molecular formula is C39H47ClN6O4. The standard InChI is InChI=1S/C39H47ClN6O4/c40-31-18-16-29(17-19-31)24-34(43-35(47)26-41-25-30-10-4-1-5-11-30)37(49)44-22-20-39(21-23-44)38(50)45(28-46(39)33-14-8-3-9-15-33)27-36(48)42-32-12-6-2-7-13-32/h1,3-5,8-11,14-19,32,34,41H,2,6-7,12-13,20-28H2,(H,42,48)(H,43,47)/t34-/m1/s1. The van der Waals surface area contributed by atoms with Crippen LogP contribution >= 0.6 is 11.6 Å². The molecule has 3 aliphatic rings. The van der Waals surface area contributed by atoms with Crippen LogP contribution in [0.25, 0.3) is 0 Å². The zero-order valence-electron chi connectivity index (χ0n) is 28.5. The summed E-state index contributed by atoms with van der Waals surface area (Å²) in [6.45, 7) is 1.60. The fourth-order valence-corrected chi connectivity index (χ4v) is 7.68. The zero-order chi connectivity index (χ0) is 34.9. The number of amides is 4. The highest BCUT2D eigenvalue weighted by Crippen LogP contribution is 2.39. The maximum absolute atomic E-state index is 14.2. The molecule has 1 atom stereocenters. The predicted molar refractivity (Wildman–Crippen MR) is 194 cm³/mol. The molecule has 2 aliphatic heterocycles. The Kier molecular flexibility index (Phi) is 11.7. The highest BCUT2D eigenvalue weighted by atomic mass is 35.5. The molecule has 0 radical (unpaired) electrons. The Balaban J connectivity index is 1.13. The van der Waals surface area contributed by atoms with Crippen molar-refractivity contribution in [3.05, 3.63) is 101 Å². The molecule has 264 valence electrons. The lowest BCUT2D eigenvalue weighted by Gasteiger charge is -2.44. The van der Waals surface area contributed by atoms with Crippen molar-refractivity contribution in [2.45, 2.75) is 75.5 Å². The molecule has 1 saturated carbocycles. The molecular weight excluding hydrogens is 652 g/mol. The molecule has 50 heavy (non-hydrogen) atoms. The van der Waals surface area contributed by atoms with E-state index in [9.17, 15) is 19.2 Å². The number of benzene rings is 3. The van der Waals surface area contributed by atoms with Crippen LogP contribution in [0.15, 0.2) is 84.9 Å². The molecule has 1 spiro atoms. The smallest absolute Gasteiger partial charge is 0.250 e. The molecule has 0 aromatic heterocycles. The summed E-state index contributed by atoms with van der Waals surface area (Å²) in [4.78, 5) is 60.1. The fourth-order valence-electron chi connectivity index (χ4n) is 7.55. The van der Waals surface area contributed by atoms with E-state index in [0.29, 0.717) is 50.6 Å². The molecule has 6 rings (SSSR count). The van der Waals surface area contributed by atoms with Gasteiger partial charge in [0.2, 0.25) is 17.7 Å². The molecule has 11 heteroatoms. The number of para-hydroxylation sites is 1. The Morgan fingerprint density at radius 3 is 2.16 bits per heavy atom. The van der Waals surface area contributed by atoms with Crippen LogP contribution in [0.2, 0.25) is 5.02 Å². The van der Waals surface area contributed by atoms with E-state index in [1.165, 1.54) is 6.42 Å². The van der Waals surface area contributed by atoms with Crippen LogP contribution in [0, 0.1) is 0 Å². The van der Waals surface area contributed by atoms with Crippen LogP contribution in [-0.2, 0) is 32.1 Å². The summed E-state index contributed by atoms with van der Waals surface area (Å²) in [5, 5.41) is 9.89. The van der Waals surface area contributed by atoms with Gasteiger partial charge in [-0.2, -0.15) is 0 Å². The number of carbonyl (C=O) groups is 4. The monoisotopic (exact) mass is 698 g/mol. The third-order valence-corrected chi connectivity index (χ3v) is 10.5. The lowest BCUT2D eigenvalue weighted by molar-refractivity contribution is -0.141. The lowest BCUT2D eigenvalue weighted by atomic mass is 9.85. The van der Waals surface area contributed by atoms with Crippen molar-refractivity contribution in [1.29, 1.82) is 0 Å². The van der Waals surface area contributed by atoms with E-state index in [0.717, 1.165) is 42.5 Å². The number of hydrogen-bond donors (Lipinski definition) is 3. The number of hydrogen-bond acceptors (Lipinski definition) is 6. The maximum Gasteiger partial charge on any atom is 0.250 e. The summed E-state index contributed by atoms with van der Waals surface area (Å²) >= 11 is 6.12. The maximum atomic E-state index is 14.2. The number of halogens is 1. The first-order valence-corrected chi connectivity index (χ1v) is 18.2. The largest absolute Gasteiger partial charge is 0.352 e. The van der Waals surface area contributed by atoms with Gasteiger partial charge in [-0.1, -0.05) is 91.5 Å². The van der Waals surface area contributed by atoms with Gasteiger partial charge in [0.05, 0.1) is 13.2 Å². The average molecular weight is 699 g/mol. The number of nitrogens with zero attached hydrogens (tertiary/aromatic N) is 3. The lowest BCUT2D eigenvalue weighted by Crippen LogP contribution is -2.60. The van der Waals surface area contributed by atoms with Gasteiger partial charge in [0, 0.05) is 42.8 Å². The van der Waals surface area contributed by atoms with Crippen LogP contribution in [-0.4, -0.2) is 83.9 Å². The van der Waals surface area contributed by atoms with Crippen LogP contribution in [0.1, 0.15) is 56.1 Å². The quantitative estimate of drug-likeness (QED) is 0.261. The molecule has 2 heterocycles. The highest BCUT2D eigenvalue weighted by Gasteiger charge is 2.54. The molecule has 0 unspecified atom stereocenters. The first-order chi connectivity index (χ1) is 24.3. The van der Waals surface area contributed by atoms with Gasteiger partial charge in [-0.3, -0.25) is 19.2 Å². The predicted octanol–water partition coefficient (Wildman–Crippen LogP) is 4.27. The number of piperidine rings is 1. The minimum Gasteiger partial charge on any atom is -0.352 e. The molecule has 3 fully saturated rings. The van der Waals surface area contributed by atoms with Crippen molar-refractivity contribution in [2.75, 3.05) is 37.7 Å². The number of anilines is 1. The summed E-state index contributed by atoms with van der Waals surface area (Å²) in [7, 11) is 0. The molecule has 2 saturated heterocycles. The zero-order valence-corrected chi connectivity index (χ0v) is 29.2. The molecule has 10 nitrogen and oxygen atoms in total. The minimum absolute atomic E-state index is 0.0105. The van der Waals surface area contributed by atoms with Gasteiger partial charge in [0.15, 0.2) is 0 Å². The van der Waals surface area contributed by atoms with E-state index in [2.05, 4.69) is 20.9 Å². The Morgan fingerprint density at radius 1 is 0.820 bits per heavy atom. The van der Waals surface area contributed by atoms with Gasteiger partial charge in [0.1, 0.15) is 18.1 Å². The third-order valence-electron chi connectivity index (χ3n) is 10.2. The summed E-state index contributed by atoms with van der Waals surface area (Å²) < 4.78 is 0. The van der Waals surface area contributed by atoms with Gasteiger partial charge in [-0.05, 0) is 61.1 Å². The number of nitrogens with one attached hydrogen (secondary N) is 3. The van der Waals surface area contributed by atoms with Crippen molar-refractivity contribution in [2.24, 2.45) is 0 Å². The second-order valence-corrected chi connectivity index (χ2v) is 14.1. The Labute approximate surface area is 299 Å². The summed E-state index contributed by atoms with van der Waals surface area (Å²) in [6, 6.07) is 26.3. The van der Waals surface area contributed by atoms with Crippen molar-refractivity contribution in [3.63, 3.8) is 0 Å². The Morgan fingerprint density at radius 2 is 1.48 bits per heavy atom. The topological polar surface area (TPSA) is 114 Å². The molecule has 3 aromatic rings. The van der Waals surface area contributed by atoms with Gasteiger partial charge >= 0.3 is 0 Å². The van der Waals surface area contributed by atoms with Crippen LogP contribution < -0.4 is 20.9 Å². The highest BCUT2D eigenvalue weighted by molar-refractivity contribution is 6.30. The van der Waals surface area contributed by atoms with Crippen molar-refractivity contribution in [3.8, 4) is 0 Å². The normalized spacial score (nSPS) is 18.3. The van der Waals surface area contributed by atoms with E-state index in [1.807, 2.05) is 72.8 Å². The van der Waals surface area contributed by atoms with Crippen molar-refractivity contribution in [1.82, 2.24) is 25.8 Å². The van der Waals surface area contributed by atoms with Crippen LogP contribution in [0.3, 0.4) is 0 Å². The fraction of sp³-hybridized carbons (Fsp3) is 0.436. The first-order valence-electron chi connectivity index (χ1n) is 17.8. The second kappa shape index (κ2) is 16.5. The molecule has 3 aromatic carbocycles. The van der Waals surface area contributed by atoms with E-state index in [-0.39, 0.29) is 42.8 Å². The van der Waals surface area contributed by atoms with Crippen molar-refractivity contribution < 1.29 is 19.2 Å². The number of carbonyl (C=O) groups excluding carboxylic acids is 4. The number of rotatable bonds is 12. The Bertz CT molecular complexity index is 1610. The Hall–Kier alpha value is -4.41. The SMILES string of the molecule is O=C(CN1CN(c2ccccc2)C2(CCN(C(=O)[C@@H](Cc3ccc(Cl)cc3)NC(=O)CNCc3ccccc3)CC2)C1=O)NC1CCCCC1. The number of likely N-dealkylation sites (tertiary alicyclic amines) is 1. The van der Waals surface area contributed by atoms with E-state index >= 15 is 0 Å². The van der Waals surface area contributed by atoms with E-state index in [1.54, 1.807) is 21.9 Å². The summed E-state index contributed by atoms with van der Waals surface area (Å²) in [5.74, 6) is -0.665. The second-order valence-electron chi connectivity index (χ2n) is 13.7. The van der Waals surface area contributed by atoms with Gasteiger partial charge < -0.3 is 30.7 Å². The summed E-state index contributed by atoms with van der Waals surface area (Å²) in [5.41, 5.74) is 1.97. The van der Waals surface area contributed by atoms with Gasteiger partial charge in [0.25, 0.3) is 5.91 Å². The molecule has 4 amide bonds. The van der Waals surface area contributed by atoms with E-state index < -0.39 is 11.6 Å². The van der Waals surface area contributed by atoms with Crippen molar-refractivity contribution >= 4 is 40.9 Å². The summed E-state index contributed by atoms with van der Waals surface area (Å²) in [6.07, 6.45) is 6.51. The first kappa shape index (κ1) is 35.4. The molecule has 1 aliphatic carbocycles. The molecule has 0 bridgehead atoms. The molecule has 3 N–H and O–H groups in total. The minimum atomic E-state index is -0.875. The van der Waals surface area contributed by atoms with Gasteiger partial charge in [-0.25, -0.2) is 0 Å². The van der Waals surface area contributed by atoms with E-state index in [4.69, 9.17) is 11.6 Å². The average Bonchev–Trinajstić information content (AvgIpc) is 3.39. The van der Waals surface area contributed by atoms with Gasteiger partial charge in [-0.15, -0.1) is 0 Å². The van der Waals surface area contributed by atoms with Crippen LogP contribution in [0.4, 0.5) is 5.69 Å². The third kappa shape index (κ3) is 8.65. The van der Waals surface area contributed by atoms with Crippen LogP contribution in [0.5, 0.6) is 0 Å².